The van der Waals surface area contributed by atoms with E-state index in [0.29, 0.717) is 19.4 Å². The molecule has 6 heteroatoms. The van der Waals surface area contributed by atoms with Crippen LogP contribution < -0.4 is 10.6 Å². The van der Waals surface area contributed by atoms with Crippen molar-refractivity contribution in [3.63, 3.8) is 0 Å². The van der Waals surface area contributed by atoms with E-state index in [1.165, 1.54) is 0 Å². The molecule has 2 N–H and O–H groups in total. The number of amides is 2. The standard InChI is InChI=1S/C22H32N2O4/c1-4-13-28-22(27)18(14-16-9-6-5-7-10-16)23-21(26)19(15(2)3)24-20(25)17-11-8-12-17/h5-7,9-10,15,17-19H,4,8,11-14H2,1-3H3,(H,23,26)(H,24,25). The predicted octanol–water partition coefficient (Wildman–Crippen LogP) is 2.61. The Morgan fingerprint density at radius 3 is 2.32 bits per heavy atom. The summed E-state index contributed by atoms with van der Waals surface area (Å²) in [6, 6.07) is 8.03. The lowest BCUT2D eigenvalue weighted by molar-refractivity contribution is -0.148. The van der Waals surface area contributed by atoms with Crippen LogP contribution in [0.5, 0.6) is 0 Å². The van der Waals surface area contributed by atoms with Gasteiger partial charge in [0.25, 0.3) is 0 Å². The quantitative estimate of drug-likeness (QED) is 0.604. The van der Waals surface area contributed by atoms with Crippen molar-refractivity contribution >= 4 is 17.8 Å². The molecule has 2 amide bonds. The van der Waals surface area contributed by atoms with Crippen LogP contribution in [-0.2, 0) is 25.5 Å². The molecule has 0 radical (unpaired) electrons. The van der Waals surface area contributed by atoms with Gasteiger partial charge in [-0.3, -0.25) is 9.59 Å². The van der Waals surface area contributed by atoms with Crippen molar-refractivity contribution in [3.8, 4) is 0 Å². The summed E-state index contributed by atoms with van der Waals surface area (Å²) >= 11 is 0. The topological polar surface area (TPSA) is 84.5 Å². The number of hydrogen-bond acceptors (Lipinski definition) is 4. The van der Waals surface area contributed by atoms with E-state index >= 15 is 0 Å². The van der Waals surface area contributed by atoms with E-state index in [4.69, 9.17) is 4.74 Å². The number of benzene rings is 1. The summed E-state index contributed by atoms with van der Waals surface area (Å²) in [5.41, 5.74) is 0.931. The monoisotopic (exact) mass is 388 g/mol. The summed E-state index contributed by atoms with van der Waals surface area (Å²) < 4.78 is 5.27. The van der Waals surface area contributed by atoms with Gasteiger partial charge < -0.3 is 15.4 Å². The Kier molecular flexibility index (Phi) is 8.48. The largest absolute Gasteiger partial charge is 0.464 e. The molecule has 2 unspecified atom stereocenters. The van der Waals surface area contributed by atoms with Crippen molar-refractivity contribution in [2.75, 3.05) is 6.61 Å². The van der Waals surface area contributed by atoms with Crippen LogP contribution in [0.1, 0.15) is 52.0 Å². The van der Waals surface area contributed by atoms with Crippen molar-refractivity contribution in [2.24, 2.45) is 11.8 Å². The summed E-state index contributed by atoms with van der Waals surface area (Å²) in [4.78, 5) is 37.7. The van der Waals surface area contributed by atoms with Crippen LogP contribution in [0, 0.1) is 11.8 Å². The molecular weight excluding hydrogens is 356 g/mol. The zero-order valence-corrected chi connectivity index (χ0v) is 17.1. The summed E-state index contributed by atoms with van der Waals surface area (Å²) in [7, 11) is 0. The van der Waals surface area contributed by atoms with E-state index in [1.807, 2.05) is 51.1 Å². The zero-order chi connectivity index (χ0) is 20.5. The number of esters is 1. The van der Waals surface area contributed by atoms with E-state index in [2.05, 4.69) is 10.6 Å². The number of nitrogens with one attached hydrogen (secondary N) is 2. The average molecular weight is 389 g/mol. The highest BCUT2D eigenvalue weighted by atomic mass is 16.5. The Morgan fingerprint density at radius 1 is 1.11 bits per heavy atom. The minimum Gasteiger partial charge on any atom is -0.464 e. The summed E-state index contributed by atoms with van der Waals surface area (Å²) in [5, 5.41) is 5.67. The lowest BCUT2D eigenvalue weighted by atomic mass is 9.84. The van der Waals surface area contributed by atoms with Crippen LogP contribution in [-0.4, -0.2) is 36.5 Å². The smallest absolute Gasteiger partial charge is 0.328 e. The summed E-state index contributed by atoms with van der Waals surface area (Å²) in [6.07, 6.45) is 3.86. The molecule has 0 spiro atoms. The lowest BCUT2D eigenvalue weighted by Gasteiger charge is -2.29. The molecule has 1 aromatic rings. The highest BCUT2D eigenvalue weighted by molar-refractivity contribution is 5.91. The van der Waals surface area contributed by atoms with Crippen molar-refractivity contribution in [3.05, 3.63) is 35.9 Å². The second-order valence-corrected chi connectivity index (χ2v) is 7.78. The number of rotatable bonds is 10. The van der Waals surface area contributed by atoms with Gasteiger partial charge in [-0.25, -0.2) is 4.79 Å². The Hall–Kier alpha value is -2.37. The molecule has 2 atom stereocenters. The maximum absolute atomic E-state index is 12.9. The van der Waals surface area contributed by atoms with E-state index in [0.717, 1.165) is 24.8 Å². The van der Waals surface area contributed by atoms with Gasteiger partial charge in [-0.05, 0) is 30.7 Å². The molecule has 0 bridgehead atoms. The first-order chi connectivity index (χ1) is 13.4. The molecule has 1 fully saturated rings. The zero-order valence-electron chi connectivity index (χ0n) is 17.1. The second-order valence-electron chi connectivity index (χ2n) is 7.78. The molecule has 0 saturated heterocycles. The van der Waals surface area contributed by atoms with E-state index in [-0.39, 0.29) is 23.7 Å². The molecule has 1 aliphatic rings. The van der Waals surface area contributed by atoms with Gasteiger partial charge in [-0.2, -0.15) is 0 Å². The van der Waals surface area contributed by atoms with Gasteiger partial charge in [0.05, 0.1) is 6.61 Å². The van der Waals surface area contributed by atoms with E-state index in [9.17, 15) is 14.4 Å². The first-order valence-corrected chi connectivity index (χ1v) is 10.2. The Morgan fingerprint density at radius 2 is 1.79 bits per heavy atom. The SMILES string of the molecule is CCCOC(=O)C(Cc1ccccc1)NC(=O)C(NC(=O)C1CCC1)C(C)C. The molecule has 28 heavy (non-hydrogen) atoms. The van der Waals surface area contributed by atoms with Crippen molar-refractivity contribution in [1.82, 2.24) is 10.6 Å². The fourth-order valence-electron chi connectivity index (χ4n) is 3.08. The van der Waals surface area contributed by atoms with Gasteiger partial charge >= 0.3 is 5.97 Å². The number of carbonyl (C=O) groups is 3. The summed E-state index contributed by atoms with van der Waals surface area (Å²) in [6.45, 7) is 5.99. The molecule has 1 saturated carbocycles. The van der Waals surface area contributed by atoms with Crippen LogP contribution in [0.2, 0.25) is 0 Å². The van der Waals surface area contributed by atoms with Crippen LogP contribution in [0.25, 0.3) is 0 Å². The van der Waals surface area contributed by atoms with Crippen LogP contribution in [0.15, 0.2) is 30.3 Å². The van der Waals surface area contributed by atoms with Gasteiger partial charge in [0.2, 0.25) is 11.8 Å². The van der Waals surface area contributed by atoms with Crippen LogP contribution in [0.3, 0.4) is 0 Å². The third kappa shape index (κ3) is 6.36. The van der Waals surface area contributed by atoms with E-state index < -0.39 is 18.1 Å². The molecule has 0 heterocycles. The summed E-state index contributed by atoms with van der Waals surface area (Å²) in [5.74, 6) is -0.964. The highest BCUT2D eigenvalue weighted by Crippen LogP contribution is 2.26. The van der Waals surface area contributed by atoms with Crippen molar-refractivity contribution < 1.29 is 19.1 Å². The molecule has 2 rings (SSSR count). The van der Waals surface area contributed by atoms with Gasteiger partial charge in [0.1, 0.15) is 12.1 Å². The molecule has 6 nitrogen and oxygen atoms in total. The fraction of sp³-hybridized carbons (Fsp3) is 0.591. The van der Waals surface area contributed by atoms with Crippen LogP contribution >= 0.6 is 0 Å². The third-order valence-corrected chi connectivity index (χ3v) is 5.05. The van der Waals surface area contributed by atoms with Gasteiger partial charge in [0, 0.05) is 12.3 Å². The molecule has 0 aromatic heterocycles. The number of hydrogen-bond donors (Lipinski definition) is 2. The maximum Gasteiger partial charge on any atom is 0.328 e. The Labute approximate surface area is 167 Å². The molecule has 154 valence electrons. The second kappa shape index (κ2) is 10.8. The normalized spacial score (nSPS) is 16.0. The van der Waals surface area contributed by atoms with Crippen molar-refractivity contribution in [1.29, 1.82) is 0 Å². The van der Waals surface area contributed by atoms with Crippen LogP contribution in [0.4, 0.5) is 0 Å². The lowest BCUT2D eigenvalue weighted by Crippen LogP contribution is -2.55. The highest BCUT2D eigenvalue weighted by Gasteiger charge is 2.33. The minimum absolute atomic E-state index is 0.00341. The molecule has 1 aliphatic carbocycles. The van der Waals surface area contributed by atoms with Gasteiger partial charge in [0.15, 0.2) is 0 Å². The molecule has 1 aromatic carbocycles. The predicted molar refractivity (Wildman–Crippen MR) is 107 cm³/mol. The maximum atomic E-state index is 12.9. The Balaban J connectivity index is 2.06. The molecular formula is C22H32N2O4. The fourth-order valence-corrected chi connectivity index (χ4v) is 3.08. The molecule has 0 aliphatic heterocycles. The third-order valence-electron chi connectivity index (χ3n) is 5.05. The van der Waals surface area contributed by atoms with E-state index in [1.54, 1.807) is 0 Å². The minimum atomic E-state index is -0.789. The average Bonchev–Trinajstić information content (AvgIpc) is 2.62. The number of ether oxygens (including phenoxy) is 1. The first kappa shape index (κ1) is 21.9. The number of carbonyl (C=O) groups excluding carboxylic acids is 3. The first-order valence-electron chi connectivity index (χ1n) is 10.2. The Bertz CT molecular complexity index is 656. The van der Waals surface area contributed by atoms with Crippen molar-refractivity contribution in [2.45, 2.75) is 65.0 Å². The van der Waals surface area contributed by atoms with Gasteiger partial charge in [-0.15, -0.1) is 0 Å². The van der Waals surface area contributed by atoms with Gasteiger partial charge in [-0.1, -0.05) is 57.5 Å².